The van der Waals surface area contributed by atoms with Crippen LogP contribution in [0.5, 0.6) is 5.75 Å². The highest BCUT2D eigenvalue weighted by Gasteiger charge is 2.32. The van der Waals surface area contributed by atoms with E-state index in [1.807, 2.05) is 95.8 Å². The summed E-state index contributed by atoms with van der Waals surface area (Å²) in [6.07, 6.45) is 6.96. The summed E-state index contributed by atoms with van der Waals surface area (Å²) in [7, 11) is 0. The van der Waals surface area contributed by atoms with Crippen molar-refractivity contribution < 1.29 is 9.53 Å². The standard InChI is InChI=1S/C31H28ClN3O2S2/c1-2-3-7-17-34-30(36)28(39-31(34)38)19-24-20-35(26-10-5-4-6-11-26)33-29(24)23-9-8-12-27(18-23)37-21-22-13-15-25(32)16-14-22/h4-6,8-16,18-20H,2-3,7,17,21H2,1H3/b28-19-. The summed E-state index contributed by atoms with van der Waals surface area (Å²) in [5.41, 5.74) is 4.44. The van der Waals surface area contributed by atoms with E-state index in [4.69, 9.17) is 33.7 Å². The molecule has 0 saturated carbocycles. The minimum Gasteiger partial charge on any atom is -0.489 e. The monoisotopic (exact) mass is 573 g/mol. The Kier molecular flexibility index (Phi) is 8.81. The van der Waals surface area contributed by atoms with Gasteiger partial charge in [0.05, 0.1) is 10.6 Å². The fourth-order valence-electron chi connectivity index (χ4n) is 4.26. The number of carbonyl (C=O) groups excluding carboxylic acids is 1. The molecule has 8 heteroatoms. The number of aromatic nitrogens is 2. The normalized spacial score (nSPS) is 14.4. The number of unbranched alkanes of at least 4 members (excludes halogenated alkanes) is 2. The van der Waals surface area contributed by atoms with Crippen molar-refractivity contribution in [1.29, 1.82) is 0 Å². The highest BCUT2D eigenvalue weighted by atomic mass is 35.5. The third-order valence-corrected chi connectivity index (χ3v) is 7.96. The van der Waals surface area contributed by atoms with Crippen LogP contribution >= 0.6 is 35.6 Å². The van der Waals surface area contributed by atoms with Gasteiger partial charge in [-0.2, -0.15) is 5.10 Å². The number of hydrogen-bond acceptors (Lipinski definition) is 5. The summed E-state index contributed by atoms with van der Waals surface area (Å²) in [5, 5.41) is 5.62. The molecule has 4 aromatic rings. The van der Waals surface area contributed by atoms with Crippen molar-refractivity contribution in [1.82, 2.24) is 14.7 Å². The van der Waals surface area contributed by atoms with Crippen LogP contribution in [0.1, 0.15) is 37.3 Å². The Morgan fingerprint density at radius 3 is 2.59 bits per heavy atom. The molecular weight excluding hydrogens is 546 g/mol. The summed E-state index contributed by atoms with van der Waals surface area (Å²) in [4.78, 5) is 15.6. The van der Waals surface area contributed by atoms with Crippen molar-refractivity contribution in [2.45, 2.75) is 32.8 Å². The molecule has 3 aromatic carbocycles. The smallest absolute Gasteiger partial charge is 0.266 e. The average Bonchev–Trinajstić information content (AvgIpc) is 3.50. The molecule has 1 aliphatic heterocycles. The highest BCUT2D eigenvalue weighted by Crippen LogP contribution is 2.35. The first-order chi connectivity index (χ1) is 19.0. The van der Waals surface area contributed by atoms with Gasteiger partial charge in [-0.05, 0) is 54.5 Å². The molecule has 1 saturated heterocycles. The van der Waals surface area contributed by atoms with Gasteiger partial charge in [0.2, 0.25) is 0 Å². The number of ether oxygens (including phenoxy) is 1. The summed E-state index contributed by atoms with van der Waals surface area (Å²) in [6, 6.07) is 25.4. The molecule has 5 rings (SSSR count). The highest BCUT2D eigenvalue weighted by molar-refractivity contribution is 8.26. The maximum Gasteiger partial charge on any atom is 0.266 e. The SMILES string of the molecule is CCCCCN1C(=O)/C(=C/c2cn(-c3ccccc3)nc2-c2cccc(OCc3ccc(Cl)cc3)c2)SC1=S. The van der Waals surface area contributed by atoms with Crippen LogP contribution in [0.4, 0.5) is 0 Å². The zero-order valence-corrected chi connectivity index (χ0v) is 23.9. The molecule has 1 fully saturated rings. The van der Waals surface area contributed by atoms with E-state index in [9.17, 15) is 4.79 Å². The van der Waals surface area contributed by atoms with Gasteiger partial charge in [-0.25, -0.2) is 4.68 Å². The number of benzene rings is 3. The van der Waals surface area contributed by atoms with E-state index >= 15 is 0 Å². The van der Waals surface area contributed by atoms with Gasteiger partial charge < -0.3 is 4.74 Å². The van der Waals surface area contributed by atoms with Crippen LogP contribution < -0.4 is 4.74 Å². The maximum absolute atomic E-state index is 13.2. The number of nitrogens with zero attached hydrogens (tertiary/aromatic N) is 3. The van der Waals surface area contributed by atoms with Gasteiger partial charge in [-0.1, -0.05) is 97.8 Å². The molecule has 0 bridgehead atoms. The van der Waals surface area contributed by atoms with Gasteiger partial charge in [0.25, 0.3) is 5.91 Å². The molecule has 2 heterocycles. The summed E-state index contributed by atoms with van der Waals surface area (Å²) < 4.78 is 8.52. The van der Waals surface area contributed by atoms with Crippen LogP contribution in [0, 0.1) is 0 Å². The number of para-hydroxylation sites is 1. The zero-order chi connectivity index (χ0) is 27.2. The van der Waals surface area contributed by atoms with Crippen molar-refractivity contribution in [3.05, 3.63) is 106 Å². The lowest BCUT2D eigenvalue weighted by atomic mass is 10.1. The van der Waals surface area contributed by atoms with Crippen molar-refractivity contribution in [3.63, 3.8) is 0 Å². The molecule has 1 amide bonds. The van der Waals surface area contributed by atoms with E-state index in [-0.39, 0.29) is 5.91 Å². The Hall–Kier alpha value is -3.39. The van der Waals surface area contributed by atoms with Crippen LogP contribution in [0.3, 0.4) is 0 Å². The van der Waals surface area contributed by atoms with Crippen LogP contribution in [0.2, 0.25) is 5.02 Å². The van der Waals surface area contributed by atoms with E-state index in [1.54, 1.807) is 4.90 Å². The quantitative estimate of drug-likeness (QED) is 0.109. The first-order valence-electron chi connectivity index (χ1n) is 12.9. The van der Waals surface area contributed by atoms with Crippen LogP contribution in [0.25, 0.3) is 23.0 Å². The Labute approximate surface area is 243 Å². The molecule has 0 unspecified atom stereocenters. The third kappa shape index (κ3) is 6.61. The van der Waals surface area contributed by atoms with Gasteiger partial charge in [0, 0.05) is 28.9 Å². The zero-order valence-electron chi connectivity index (χ0n) is 21.5. The fraction of sp³-hybridized carbons (Fsp3) is 0.194. The fourth-order valence-corrected chi connectivity index (χ4v) is 5.69. The van der Waals surface area contributed by atoms with Crippen LogP contribution in [0.15, 0.2) is 90.0 Å². The number of carbonyl (C=O) groups is 1. The molecule has 5 nitrogen and oxygen atoms in total. The summed E-state index contributed by atoms with van der Waals surface area (Å²) >= 11 is 12.9. The predicted molar refractivity (Wildman–Crippen MR) is 164 cm³/mol. The number of thioether (sulfide) groups is 1. The van der Waals surface area contributed by atoms with Gasteiger partial charge in [0.1, 0.15) is 22.4 Å². The number of amides is 1. The topological polar surface area (TPSA) is 47.4 Å². The second-order valence-corrected chi connectivity index (χ2v) is 11.3. The molecular formula is C31H28ClN3O2S2. The lowest BCUT2D eigenvalue weighted by Crippen LogP contribution is -2.28. The second kappa shape index (κ2) is 12.6. The number of rotatable bonds is 10. The molecule has 0 N–H and O–H groups in total. The van der Waals surface area contributed by atoms with Gasteiger partial charge in [-0.3, -0.25) is 9.69 Å². The summed E-state index contributed by atoms with van der Waals surface area (Å²) in [6.45, 7) is 3.22. The molecule has 198 valence electrons. The number of thiocarbonyl (C=S) groups is 1. The average molecular weight is 574 g/mol. The molecule has 1 aromatic heterocycles. The lowest BCUT2D eigenvalue weighted by molar-refractivity contribution is -0.122. The van der Waals surface area contributed by atoms with Crippen molar-refractivity contribution in [2.75, 3.05) is 6.54 Å². The van der Waals surface area contributed by atoms with E-state index in [1.165, 1.54) is 11.8 Å². The first-order valence-corrected chi connectivity index (χ1v) is 14.5. The maximum atomic E-state index is 13.2. The Balaban J connectivity index is 1.46. The minimum absolute atomic E-state index is 0.0421. The summed E-state index contributed by atoms with van der Waals surface area (Å²) in [5.74, 6) is 0.685. The Morgan fingerprint density at radius 1 is 1.03 bits per heavy atom. The second-order valence-electron chi connectivity index (χ2n) is 9.20. The van der Waals surface area contributed by atoms with E-state index in [0.29, 0.717) is 27.4 Å². The van der Waals surface area contributed by atoms with Gasteiger partial charge >= 0.3 is 0 Å². The molecule has 1 aliphatic rings. The molecule has 39 heavy (non-hydrogen) atoms. The Bertz CT molecular complexity index is 1500. The van der Waals surface area contributed by atoms with Crippen molar-refractivity contribution in [3.8, 4) is 22.7 Å². The van der Waals surface area contributed by atoms with Gasteiger partial charge in [0.15, 0.2) is 0 Å². The van der Waals surface area contributed by atoms with Crippen LogP contribution in [-0.4, -0.2) is 31.5 Å². The predicted octanol–water partition coefficient (Wildman–Crippen LogP) is 8.16. The third-order valence-electron chi connectivity index (χ3n) is 6.33. The number of hydrogen-bond donors (Lipinski definition) is 0. The largest absolute Gasteiger partial charge is 0.489 e. The molecule has 0 atom stereocenters. The van der Waals surface area contributed by atoms with Crippen molar-refractivity contribution in [2.24, 2.45) is 0 Å². The minimum atomic E-state index is -0.0421. The molecule has 0 aliphatic carbocycles. The molecule has 0 radical (unpaired) electrons. The lowest BCUT2D eigenvalue weighted by Gasteiger charge is -2.13. The first kappa shape index (κ1) is 27.2. The van der Waals surface area contributed by atoms with Crippen molar-refractivity contribution >= 4 is 51.9 Å². The number of halogens is 1. The van der Waals surface area contributed by atoms with Crippen LogP contribution in [-0.2, 0) is 11.4 Å². The van der Waals surface area contributed by atoms with E-state index in [2.05, 4.69) is 6.92 Å². The molecule has 0 spiro atoms. The van der Waals surface area contributed by atoms with E-state index in [0.717, 1.165) is 53.1 Å². The Morgan fingerprint density at radius 2 is 1.82 bits per heavy atom. The van der Waals surface area contributed by atoms with Gasteiger partial charge in [-0.15, -0.1) is 0 Å². The van der Waals surface area contributed by atoms with E-state index < -0.39 is 0 Å².